The molecule has 6 heteroatoms. The minimum Gasteiger partial charge on any atom is -0.465 e. The third kappa shape index (κ3) is 2.87. The molecule has 5 nitrogen and oxygen atoms in total. The SMILES string of the molecule is O=C(O)N1CC=C(c2cccc(-n3nc(Cl)c4ccccc43)c2)CC1. The van der Waals surface area contributed by atoms with Crippen molar-refractivity contribution in [1.82, 2.24) is 14.7 Å². The first kappa shape index (κ1) is 15.7. The molecular formula is C19H16ClN3O2. The van der Waals surface area contributed by atoms with Gasteiger partial charge in [-0.3, -0.25) is 0 Å². The van der Waals surface area contributed by atoms with Crippen LogP contribution in [0.1, 0.15) is 12.0 Å². The molecule has 1 amide bonds. The third-order valence-corrected chi connectivity index (χ3v) is 4.76. The monoisotopic (exact) mass is 353 g/mol. The minimum atomic E-state index is -0.873. The zero-order chi connectivity index (χ0) is 17.4. The summed E-state index contributed by atoms with van der Waals surface area (Å²) in [6.45, 7) is 0.938. The number of nitrogens with zero attached hydrogens (tertiary/aromatic N) is 3. The van der Waals surface area contributed by atoms with E-state index in [1.165, 1.54) is 4.90 Å². The lowest BCUT2D eigenvalue weighted by molar-refractivity contribution is 0.150. The van der Waals surface area contributed by atoms with E-state index in [1.54, 1.807) is 0 Å². The second-order valence-electron chi connectivity index (χ2n) is 5.98. The third-order valence-electron chi connectivity index (χ3n) is 4.48. The van der Waals surface area contributed by atoms with E-state index in [9.17, 15) is 4.79 Å². The Bertz CT molecular complexity index is 993. The fourth-order valence-corrected chi connectivity index (χ4v) is 3.40. The maximum atomic E-state index is 11.0. The largest absolute Gasteiger partial charge is 0.465 e. The summed E-state index contributed by atoms with van der Waals surface area (Å²) in [5.74, 6) is 0. The van der Waals surface area contributed by atoms with E-state index in [4.69, 9.17) is 16.7 Å². The molecule has 2 heterocycles. The summed E-state index contributed by atoms with van der Waals surface area (Å²) in [5.41, 5.74) is 4.13. The Kier molecular flexibility index (Phi) is 3.93. The molecule has 25 heavy (non-hydrogen) atoms. The number of aromatic nitrogens is 2. The van der Waals surface area contributed by atoms with Crippen molar-refractivity contribution in [3.8, 4) is 5.69 Å². The first-order chi connectivity index (χ1) is 12.1. The molecule has 0 bridgehead atoms. The fraction of sp³-hybridized carbons (Fsp3) is 0.158. The number of fused-ring (bicyclic) bond motifs is 1. The van der Waals surface area contributed by atoms with Crippen LogP contribution in [-0.2, 0) is 0 Å². The molecular weight excluding hydrogens is 338 g/mol. The van der Waals surface area contributed by atoms with Crippen molar-refractivity contribution in [2.24, 2.45) is 0 Å². The van der Waals surface area contributed by atoms with E-state index in [-0.39, 0.29) is 0 Å². The van der Waals surface area contributed by atoms with Crippen molar-refractivity contribution in [2.45, 2.75) is 6.42 Å². The van der Waals surface area contributed by atoms with Crippen LogP contribution in [-0.4, -0.2) is 39.0 Å². The summed E-state index contributed by atoms with van der Waals surface area (Å²) in [6.07, 6.45) is 1.81. The molecule has 0 saturated carbocycles. The van der Waals surface area contributed by atoms with Gasteiger partial charge in [0.15, 0.2) is 5.15 Å². The van der Waals surface area contributed by atoms with Gasteiger partial charge in [-0.05, 0) is 41.8 Å². The predicted molar refractivity (Wildman–Crippen MR) is 98.3 cm³/mol. The molecule has 0 saturated heterocycles. The van der Waals surface area contributed by atoms with Crippen LogP contribution < -0.4 is 0 Å². The van der Waals surface area contributed by atoms with Crippen molar-refractivity contribution in [1.29, 1.82) is 0 Å². The van der Waals surface area contributed by atoms with E-state index < -0.39 is 6.09 Å². The highest BCUT2D eigenvalue weighted by molar-refractivity contribution is 6.34. The van der Waals surface area contributed by atoms with Gasteiger partial charge in [-0.2, -0.15) is 5.10 Å². The Hall–Kier alpha value is -2.79. The van der Waals surface area contributed by atoms with Gasteiger partial charge in [0.05, 0.1) is 11.2 Å². The summed E-state index contributed by atoms with van der Waals surface area (Å²) in [4.78, 5) is 12.4. The number of amides is 1. The van der Waals surface area contributed by atoms with Crippen LogP contribution in [0.5, 0.6) is 0 Å². The van der Waals surface area contributed by atoms with E-state index >= 15 is 0 Å². The standard InChI is InChI=1S/C19H16ClN3O2/c20-18-16-6-1-2-7-17(16)23(21-18)15-5-3-4-14(12-15)13-8-10-22(11-9-13)19(24)25/h1-8,12H,9-11H2,(H,24,25). The van der Waals surface area contributed by atoms with Crippen LogP contribution in [0.3, 0.4) is 0 Å². The Labute approximate surface area is 149 Å². The van der Waals surface area contributed by atoms with Crippen LogP contribution in [0.25, 0.3) is 22.2 Å². The number of benzene rings is 2. The van der Waals surface area contributed by atoms with E-state index in [1.807, 2.05) is 53.2 Å². The summed E-state index contributed by atoms with van der Waals surface area (Å²) in [6, 6.07) is 15.9. The molecule has 0 fully saturated rings. The minimum absolute atomic E-state index is 0.422. The average Bonchev–Trinajstić information content (AvgIpc) is 2.99. The Balaban J connectivity index is 1.72. The number of carbonyl (C=O) groups is 1. The number of rotatable bonds is 2. The van der Waals surface area contributed by atoms with Crippen LogP contribution in [0.4, 0.5) is 4.79 Å². The molecule has 1 N–H and O–H groups in total. The summed E-state index contributed by atoms with van der Waals surface area (Å²) >= 11 is 6.26. The molecule has 0 unspecified atom stereocenters. The number of para-hydroxylation sites is 1. The quantitative estimate of drug-likeness (QED) is 0.740. The fourth-order valence-electron chi connectivity index (χ4n) is 3.17. The molecule has 3 aromatic rings. The predicted octanol–water partition coefficient (Wildman–Crippen LogP) is 4.45. The first-order valence-corrected chi connectivity index (χ1v) is 8.42. The van der Waals surface area contributed by atoms with E-state index in [0.717, 1.165) is 27.7 Å². The first-order valence-electron chi connectivity index (χ1n) is 8.04. The normalized spacial score (nSPS) is 14.6. The van der Waals surface area contributed by atoms with Gasteiger partial charge in [0.25, 0.3) is 0 Å². The molecule has 0 radical (unpaired) electrons. The van der Waals surface area contributed by atoms with Gasteiger partial charge in [-0.25, -0.2) is 9.48 Å². The van der Waals surface area contributed by atoms with Crippen molar-refractivity contribution < 1.29 is 9.90 Å². The smallest absolute Gasteiger partial charge is 0.407 e. The number of halogens is 1. The number of hydrogen-bond acceptors (Lipinski definition) is 2. The number of hydrogen-bond donors (Lipinski definition) is 1. The lowest BCUT2D eigenvalue weighted by Crippen LogP contribution is -2.33. The molecule has 0 spiro atoms. The lowest BCUT2D eigenvalue weighted by atomic mass is 9.99. The topological polar surface area (TPSA) is 58.4 Å². The molecule has 1 aliphatic rings. The lowest BCUT2D eigenvalue weighted by Gasteiger charge is -2.24. The molecule has 126 valence electrons. The highest BCUT2D eigenvalue weighted by Crippen LogP contribution is 2.28. The van der Waals surface area contributed by atoms with Gasteiger partial charge in [0.1, 0.15) is 0 Å². The van der Waals surface area contributed by atoms with E-state index in [2.05, 4.69) is 11.2 Å². The van der Waals surface area contributed by atoms with Crippen molar-refractivity contribution in [3.63, 3.8) is 0 Å². The van der Waals surface area contributed by atoms with Gasteiger partial charge in [0, 0.05) is 18.5 Å². The molecule has 1 aromatic heterocycles. The van der Waals surface area contributed by atoms with Gasteiger partial charge in [-0.1, -0.05) is 41.9 Å². The van der Waals surface area contributed by atoms with Gasteiger partial charge < -0.3 is 10.0 Å². The Morgan fingerprint density at radius 1 is 1.16 bits per heavy atom. The van der Waals surface area contributed by atoms with Crippen LogP contribution in [0.2, 0.25) is 5.15 Å². The molecule has 0 aliphatic carbocycles. The van der Waals surface area contributed by atoms with Crippen molar-refractivity contribution in [3.05, 3.63) is 65.3 Å². The Morgan fingerprint density at radius 3 is 2.76 bits per heavy atom. The van der Waals surface area contributed by atoms with Crippen LogP contribution in [0.15, 0.2) is 54.6 Å². The second kappa shape index (κ2) is 6.26. The van der Waals surface area contributed by atoms with Gasteiger partial charge in [0.2, 0.25) is 0 Å². The van der Waals surface area contributed by atoms with Crippen LogP contribution >= 0.6 is 11.6 Å². The highest BCUT2D eigenvalue weighted by Gasteiger charge is 2.17. The van der Waals surface area contributed by atoms with E-state index in [0.29, 0.717) is 24.7 Å². The molecule has 2 aromatic carbocycles. The van der Waals surface area contributed by atoms with Crippen LogP contribution in [0, 0.1) is 0 Å². The Morgan fingerprint density at radius 2 is 2.00 bits per heavy atom. The van der Waals surface area contributed by atoms with Gasteiger partial charge in [-0.15, -0.1) is 0 Å². The molecule has 1 aliphatic heterocycles. The maximum absolute atomic E-state index is 11.0. The van der Waals surface area contributed by atoms with Crippen molar-refractivity contribution >= 4 is 34.2 Å². The summed E-state index contributed by atoms with van der Waals surface area (Å²) in [7, 11) is 0. The summed E-state index contributed by atoms with van der Waals surface area (Å²) < 4.78 is 1.84. The van der Waals surface area contributed by atoms with Crippen molar-refractivity contribution in [2.75, 3.05) is 13.1 Å². The molecule has 0 atom stereocenters. The summed E-state index contributed by atoms with van der Waals surface area (Å²) in [5, 5.41) is 14.9. The zero-order valence-electron chi connectivity index (χ0n) is 13.4. The number of carboxylic acid groups (broad SMARTS) is 1. The maximum Gasteiger partial charge on any atom is 0.407 e. The molecule has 4 rings (SSSR count). The van der Waals surface area contributed by atoms with Gasteiger partial charge >= 0.3 is 6.09 Å². The average molecular weight is 354 g/mol. The second-order valence-corrected chi connectivity index (χ2v) is 6.34. The zero-order valence-corrected chi connectivity index (χ0v) is 14.1. The highest BCUT2D eigenvalue weighted by atomic mass is 35.5.